The highest BCUT2D eigenvalue weighted by molar-refractivity contribution is 7.13. The minimum absolute atomic E-state index is 0.0202. The zero-order valence-electron chi connectivity index (χ0n) is 14.7. The van der Waals surface area contributed by atoms with Gasteiger partial charge in [0, 0.05) is 31.4 Å². The summed E-state index contributed by atoms with van der Waals surface area (Å²) in [5.41, 5.74) is 3.53. The zero-order chi connectivity index (χ0) is 17.5. The molecule has 0 unspecified atom stereocenters. The van der Waals surface area contributed by atoms with E-state index >= 15 is 0 Å². The van der Waals surface area contributed by atoms with Gasteiger partial charge in [-0.1, -0.05) is 31.2 Å². The Morgan fingerprint density at radius 3 is 2.68 bits per heavy atom. The molecule has 0 aliphatic carbocycles. The van der Waals surface area contributed by atoms with Gasteiger partial charge in [-0.05, 0) is 24.0 Å². The smallest absolute Gasteiger partial charge is 0.226 e. The van der Waals surface area contributed by atoms with Crippen molar-refractivity contribution < 1.29 is 9.53 Å². The Hall–Kier alpha value is -1.76. The lowest BCUT2D eigenvalue weighted by molar-refractivity contribution is -0.116. The number of ether oxygens (including phenoxy) is 1. The number of amides is 1. The van der Waals surface area contributed by atoms with Crippen LogP contribution < -0.4 is 5.32 Å². The summed E-state index contributed by atoms with van der Waals surface area (Å²) in [7, 11) is 0. The van der Waals surface area contributed by atoms with Crippen LogP contribution in [-0.4, -0.2) is 42.1 Å². The van der Waals surface area contributed by atoms with Crippen molar-refractivity contribution in [1.82, 2.24) is 9.88 Å². The summed E-state index contributed by atoms with van der Waals surface area (Å²) in [4.78, 5) is 19.0. The van der Waals surface area contributed by atoms with E-state index in [1.54, 1.807) is 0 Å². The summed E-state index contributed by atoms with van der Waals surface area (Å²) < 4.78 is 5.35. The molecule has 1 amide bonds. The van der Waals surface area contributed by atoms with E-state index in [0.717, 1.165) is 51.4 Å². The maximum absolute atomic E-state index is 12.1. The highest BCUT2D eigenvalue weighted by atomic mass is 32.1. The van der Waals surface area contributed by atoms with Crippen molar-refractivity contribution in [3.05, 3.63) is 46.5 Å². The van der Waals surface area contributed by atoms with Crippen molar-refractivity contribution in [1.29, 1.82) is 0 Å². The van der Waals surface area contributed by atoms with Gasteiger partial charge >= 0.3 is 0 Å². The molecule has 1 saturated heterocycles. The fraction of sp³-hybridized carbons (Fsp3) is 0.474. The predicted octanol–water partition coefficient (Wildman–Crippen LogP) is 3.11. The molecule has 2 heterocycles. The fourth-order valence-electron chi connectivity index (χ4n) is 2.81. The number of nitrogens with zero attached hydrogens (tertiary/aromatic N) is 2. The molecule has 0 bridgehead atoms. The highest BCUT2D eigenvalue weighted by Crippen LogP contribution is 2.18. The normalized spacial score (nSPS) is 15.2. The number of anilines is 1. The van der Waals surface area contributed by atoms with E-state index in [9.17, 15) is 4.79 Å². The van der Waals surface area contributed by atoms with Gasteiger partial charge in [0.1, 0.15) is 0 Å². The van der Waals surface area contributed by atoms with Crippen LogP contribution in [0.3, 0.4) is 0 Å². The largest absolute Gasteiger partial charge is 0.379 e. The monoisotopic (exact) mass is 359 g/mol. The summed E-state index contributed by atoms with van der Waals surface area (Å²) in [5, 5.41) is 5.63. The van der Waals surface area contributed by atoms with Gasteiger partial charge in [-0.15, -0.1) is 11.3 Å². The summed E-state index contributed by atoms with van der Waals surface area (Å²) in [6.07, 6.45) is 2.27. The number of hydrogen-bond donors (Lipinski definition) is 1. The Labute approximate surface area is 153 Å². The number of aromatic nitrogens is 1. The molecule has 0 saturated carbocycles. The molecule has 0 atom stereocenters. The highest BCUT2D eigenvalue weighted by Gasteiger charge is 2.13. The molecule has 134 valence electrons. The van der Waals surface area contributed by atoms with Gasteiger partial charge in [0.05, 0.1) is 18.9 Å². The van der Waals surface area contributed by atoms with Crippen LogP contribution in [0.15, 0.2) is 29.6 Å². The average Bonchev–Trinajstić information content (AvgIpc) is 3.08. The number of rotatable bonds is 7. The van der Waals surface area contributed by atoms with Crippen molar-refractivity contribution in [3.63, 3.8) is 0 Å². The lowest BCUT2D eigenvalue weighted by atomic mass is 10.1. The standard InChI is InChI=1S/C19H25N3O2S/c1-2-15-3-5-16(6-4-15)7-8-18(23)21-19-20-17(14-25-19)13-22-9-11-24-12-10-22/h3-6,14H,2,7-13H2,1H3,(H,20,21,23). The second-order valence-corrected chi connectivity index (χ2v) is 7.11. The third-order valence-electron chi connectivity index (χ3n) is 4.36. The Morgan fingerprint density at radius 2 is 1.96 bits per heavy atom. The van der Waals surface area contributed by atoms with Crippen LogP contribution >= 0.6 is 11.3 Å². The van der Waals surface area contributed by atoms with Gasteiger partial charge in [0.15, 0.2) is 5.13 Å². The molecule has 1 aliphatic heterocycles. The third-order valence-corrected chi connectivity index (χ3v) is 5.17. The van der Waals surface area contributed by atoms with Gasteiger partial charge in [-0.25, -0.2) is 4.98 Å². The number of thiazole rings is 1. The number of carbonyl (C=O) groups excluding carboxylic acids is 1. The molecule has 1 fully saturated rings. The molecule has 6 heteroatoms. The van der Waals surface area contributed by atoms with Crippen LogP contribution in [0.2, 0.25) is 0 Å². The summed E-state index contributed by atoms with van der Waals surface area (Å²) in [6.45, 7) is 6.41. The van der Waals surface area contributed by atoms with Crippen molar-refractivity contribution in [2.45, 2.75) is 32.7 Å². The van der Waals surface area contributed by atoms with Gasteiger partial charge in [0.25, 0.3) is 0 Å². The van der Waals surface area contributed by atoms with E-state index in [1.165, 1.54) is 22.5 Å². The first-order chi connectivity index (χ1) is 12.2. The molecule has 25 heavy (non-hydrogen) atoms. The first-order valence-electron chi connectivity index (χ1n) is 8.85. The number of hydrogen-bond acceptors (Lipinski definition) is 5. The lowest BCUT2D eigenvalue weighted by Crippen LogP contribution is -2.35. The topological polar surface area (TPSA) is 54.5 Å². The van der Waals surface area contributed by atoms with Gasteiger partial charge in [0.2, 0.25) is 5.91 Å². The van der Waals surface area contributed by atoms with Crippen LogP contribution in [0.1, 0.15) is 30.2 Å². The molecule has 1 aromatic carbocycles. The van der Waals surface area contributed by atoms with Gasteiger partial charge in [-0.2, -0.15) is 0 Å². The van der Waals surface area contributed by atoms with Crippen LogP contribution in [0.25, 0.3) is 0 Å². The Bertz CT molecular complexity index is 678. The molecule has 1 aliphatic rings. The molecule has 1 aromatic heterocycles. The number of aryl methyl sites for hydroxylation is 2. The Kier molecular flexibility index (Phi) is 6.55. The quantitative estimate of drug-likeness (QED) is 0.825. The average molecular weight is 359 g/mol. The van der Waals surface area contributed by atoms with Crippen LogP contribution in [0.5, 0.6) is 0 Å². The minimum atomic E-state index is 0.0202. The molecule has 0 spiro atoms. The summed E-state index contributed by atoms with van der Waals surface area (Å²) >= 11 is 1.49. The summed E-state index contributed by atoms with van der Waals surface area (Å²) in [6, 6.07) is 8.48. The second-order valence-electron chi connectivity index (χ2n) is 6.25. The summed E-state index contributed by atoms with van der Waals surface area (Å²) in [5.74, 6) is 0.0202. The maximum atomic E-state index is 12.1. The minimum Gasteiger partial charge on any atom is -0.379 e. The van der Waals surface area contributed by atoms with Crippen molar-refractivity contribution in [2.24, 2.45) is 0 Å². The Morgan fingerprint density at radius 1 is 1.24 bits per heavy atom. The van der Waals surface area contributed by atoms with E-state index in [1.807, 2.05) is 5.38 Å². The third kappa shape index (κ3) is 5.63. The molecule has 0 radical (unpaired) electrons. The molecule has 5 nitrogen and oxygen atoms in total. The zero-order valence-corrected chi connectivity index (χ0v) is 15.5. The van der Waals surface area contributed by atoms with E-state index in [-0.39, 0.29) is 5.91 Å². The number of morpholine rings is 1. The van der Waals surface area contributed by atoms with Crippen molar-refractivity contribution in [2.75, 3.05) is 31.6 Å². The predicted molar refractivity (Wildman–Crippen MR) is 101 cm³/mol. The fourth-order valence-corrected chi connectivity index (χ4v) is 3.52. The molecular weight excluding hydrogens is 334 g/mol. The lowest BCUT2D eigenvalue weighted by Gasteiger charge is -2.25. The van der Waals surface area contributed by atoms with E-state index in [4.69, 9.17) is 4.74 Å². The van der Waals surface area contributed by atoms with Crippen molar-refractivity contribution >= 4 is 22.4 Å². The SMILES string of the molecule is CCc1ccc(CCC(=O)Nc2nc(CN3CCOCC3)cs2)cc1. The molecule has 3 rings (SSSR count). The maximum Gasteiger partial charge on any atom is 0.226 e. The Balaban J connectivity index is 1.44. The van der Waals surface area contributed by atoms with E-state index in [0.29, 0.717) is 11.6 Å². The molecular formula is C19H25N3O2S. The van der Waals surface area contributed by atoms with Gasteiger partial charge < -0.3 is 10.1 Å². The molecule has 1 N–H and O–H groups in total. The van der Waals surface area contributed by atoms with Gasteiger partial charge in [-0.3, -0.25) is 9.69 Å². The van der Waals surface area contributed by atoms with E-state index in [2.05, 4.69) is 46.4 Å². The van der Waals surface area contributed by atoms with Crippen LogP contribution in [-0.2, 0) is 28.9 Å². The first kappa shape index (κ1) is 18.0. The number of carbonyl (C=O) groups is 1. The molecule has 2 aromatic rings. The second kappa shape index (κ2) is 9.08. The number of nitrogens with one attached hydrogen (secondary N) is 1. The van der Waals surface area contributed by atoms with Crippen LogP contribution in [0.4, 0.5) is 5.13 Å². The van der Waals surface area contributed by atoms with E-state index < -0.39 is 0 Å². The number of benzene rings is 1. The van der Waals surface area contributed by atoms with Crippen LogP contribution in [0, 0.1) is 0 Å². The first-order valence-corrected chi connectivity index (χ1v) is 9.73. The van der Waals surface area contributed by atoms with Crippen molar-refractivity contribution in [3.8, 4) is 0 Å².